The molecule has 160 valence electrons. The monoisotopic (exact) mass is 431 g/mol. The minimum absolute atomic E-state index is 0.0481. The Kier molecular flexibility index (Phi) is 5.02. The van der Waals surface area contributed by atoms with Gasteiger partial charge in [0.15, 0.2) is 23.1 Å². The molecule has 2 aliphatic heterocycles. The summed E-state index contributed by atoms with van der Waals surface area (Å²) in [4.78, 5) is 12.4. The first-order valence-corrected chi connectivity index (χ1v) is 10.7. The van der Waals surface area contributed by atoms with Gasteiger partial charge >= 0.3 is 7.82 Å². The number of fused-ring (bicyclic) bond motifs is 2. The summed E-state index contributed by atoms with van der Waals surface area (Å²) in [6.45, 7) is 6.66. The molecule has 0 saturated carbocycles. The second kappa shape index (κ2) is 7.13. The van der Waals surface area contributed by atoms with Crippen molar-refractivity contribution in [3.8, 4) is 5.88 Å². The SMILES string of the molecule is CCOc1nc(N)nc2c1ncn2[C@@H]1O[C@@H]2CO[P@](=O)(OC(C)C)OC2[C@@]1(C)F. The highest BCUT2D eigenvalue weighted by atomic mass is 31.2. The maximum Gasteiger partial charge on any atom is 0.475 e. The summed E-state index contributed by atoms with van der Waals surface area (Å²) in [7, 11) is -3.91. The van der Waals surface area contributed by atoms with Crippen LogP contribution in [0.5, 0.6) is 5.88 Å². The van der Waals surface area contributed by atoms with Crippen molar-refractivity contribution in [2.45, 2.75) is 57.9 Å². The van der Waals surface area contributed by atoms with Crippen molar-refractivity contribution in [1.29, 1.82) is 0 Å². The maximum absolute atomic E-state index is 15.9. The number of phosphoric ester groups is 1. The van der Waals surface area contributed by atoms with E-state index in [2.05, 4.69) is 15.0 Å². The van der Waals surface area contributed by atoms with Crippen LogP contribution in [0.4, 0.5) is 10.3 Å². The Bertz CT molecular complexity index is 969. The Labute approximate surface area is 166 Å². The zero-order chi connectivity index (χ0) is 21.0. The number of halogens is 1. The van der Waals surface area contributed by atoms with E-state index in [1.165, 1.54) is 17.8 Å². The molecule has 13 heteroatoms. The predicted molar refractivity (Wildman–Crippen MR) is 99.0 cm³/mol. The molecular weight excluding hydrogens is 408 g/mol. The van der Waals surface area contributed by atoms with Gasteiger partial charge in [-0.15, -0.1) is 0 Å². The number of phosphoric acid groups is 1. The molecule has 2 fully saturated rings. The minimum atomic E-state index is -3.91. The van der Waals surface area contributed by atoms with Crippen LogP contribution in [0, 0.1) is 0 Å². The maximum atomic E-state index is 15.9. The molecule has 2 N–H and O–H groups in total. The zero-order valence-corrected chi connectivity index (χ0v) is 17.3. The van der Waals surface area contributed by atoms with Gasteiger partial charge in [-0.2, -0.15) is 9.97 Å². The van der Waals surface area contributed by atoms with E-state index >= 15 is 4.39 Å². The molecule has 2 saturated heterocycles. The lowest BCUT2D eigenvalue weighted by Crippen LogP contribution is -2.45. The summed E-state index contributed by atoms with van der Waals surface area (Å²) in [5.74, 6) is 0.146. The highest BCUT2D eigenvalue weighted by Gasteiger charge is 2.61. The standard InChI is InChI=1S/C16H23FN5O6P/c1-5-24-13-10-12(20-15(18)21-13)22(7-19-10)14-16(4,17)11-9(26-14)6-25-29(23,28-11)27-8(2)3/h7-9,11,14H,5-6H2,1-4H3,(H2,18,20,21)/t9-,11?,14-,16-,29-/m1/s1. The Morgan fingerprint density at radius 1 is 1.48 bits per heavy atom. The van der Waals surface area contributed by atoms with Crippen LogP contribution in [0.15, 0.2) is 6.33 Å². The molecule has 2 aromatic rings. The van der Waals surface area contributed by atoms with E-state index in [1.54, 1.807) is 20.8 Å². The molecule has 0 aliphatic carbocycles. The summed E-state index contributed by atoms with van der Waals surface area (Å²) in [5.41, 5.74) is 4.25. The number of rotatable bonds is 5. The Balaban J connectivity index is 1.70. The molecule has 0 radical (unpaired) electrons. The highest BCUT2D eigenvalue weighted by Crippen LogP contribution is 2.60. The van der Waals surface area contributed by atoms with E-state index in [-0.39, 0.29) is 24.1 Å². The largest absolute Gasteiger partial charge is 0.476 e. The van der Waals surface area contributed by atoms with Gasteiger partial charge < -0.3 is 15.2 Å². The van der Waals surface area contributed by atoms with Crippen molar-refractivity contribution < 1.29 is 32.0 Å². The Morgan fingerprint density at radius 3 is 2.93 bits per heavy atom. The second-order valence-corrected chi connectivity index (χ2v) is 8.82. The van der Waals surface area contributed by atoms with Gasteiger partial charge in [-0.05, 0) is 27.7 Å². The minimum Gasteiger partial charge on any atom is -0.476 e. The number of anilines is 1. The van der Waals surface area contributed by atoms with E-state index < -0.39 is 38.0 Å². The highest BCUT2D eigenvalue weighted by molar-refractivity contribution is 7.48. The molecule has 0 spiro atoms. The van der Waals surface area contributed by atoms with Crippen molar-refractivity contribution in [2.75, 3.05) is 18.9 Å². The van der Waals surface area contributed by atoms with Crippen LogP contribution < -0.4 is 10.5 Å². The summed E-state index contributed by atoms with van der Waals surface area (Å²) < 4.78 is 57.2. The number of hydrogen-bond acceptors (Lipinski definition) is 10. The molecule has 0 bridgehead atoms. The van der Waals surface area contributed by atoms with Crippen LogP contribution in [-0.4, -0.2) is 56.7 Å². The summed E-state index contributed by atoms with van der Waals surface area (Å²) in [6, 6.07) is 0. The molecule has 2 aromatic heterocycles. The van der Waals surface area contributed by atoms with Crippen molar-refractivity contribution in [2.24, 2.45) is 0 Å². The van der Waals surface area contributed by atoms with E-state index in [1.807, 2.05) is 0 Å². The first kappa shape index (κ1) is 20.4. The van der Waals surface area contributed by atoms with E-state index in [4.69, 9.17) is 28.8 Å². The lowest BCUT2D eigenvalue weighted by molar-refractivity contribution is -0.0733. The van der Waals surface area contributed by atoms with Crippen molar-refractivity contribution >= 4 is 24.9 Å². The van der Waals surface area contributed by atoms with Crippen LogP contribution in [0.3, 0.4) is 0 Å². The van der Waals surface area contributed by atoms with Crippen molar-refractivity contribution in [3.63, 3.8) is 0 Å². The number of alkyl halides is 1. The molecule has 29 heavy (non-hydrogen) atoms. The first-order chi connectivity index (χ1) is 13.6. The first-order valence-electron chi connectivity index (χ1n) is 9.23. The third-order valence-electron chi connectivity index (χ3n) is 4.60. The number of nitrogens with zero attached hydrogens (tertiary/aromatic N) is 4. The lowest BCUT2D eigenvalue weighted by Gasteiger charge is -2.34. The topological polar surface area (TPSA) is 133 Å². The fourth-order valence-electron chi connectivity index (χ4n) is 3.47. The Hall–Kier alpha value is -1.85. The molecule has 0 amide bonds. The summed E-state index contributed by atoms with van der Waals surface area (Å²) >= 11 is 0. The molecule has 5 atom stereocenters. The third kappa shape index (κ3) is 3.49. The molecular formula is C16H23FN5O6P. The van der Waals surface area contributed by atoms with Crippen LogP contribution in [0.2, 0.25) is 0 Å². The number of imidazole rings is 1. The van der Waals surface area contributed by atoms with E-state index in [9.17, 15) is 4.57 Å². The number of nitrogens with two attached hydrogens (primary N) is 1. The zero-order valence-electron chi connectivity index (χ0n) is 16.4. The van der Waals surface area contributed by atoms with E-state index in [0.717, 1.165) is 0 Å². The molecule has 4 rings (SSSR count). The number of nitrogen functional groups attached to an aromatic ring is 1. The Morgan fingerprint density at radius 2 is 2.24 bits per heavy atom. The summed E-state index contributed by atoms with van der Waals surface area (Å²) in [5, 5.41) is 0. The van der Waals surface area contributed by atoms with Gasteiger partial charge in [0.2, 0.25) is 11.8 Å². The van der Waals surface area contributed by atoms with Crippen LogP contribution in [0.1, 0.15) is 33.9 Å². The van der Waals surface area contributed by atoms with Crippen molar-refractivity contribution in [3.05, 3.63) is 6.33 Å². The lowest BCUT2D eigenvalue weighted by atomic mass is 9.98. The number of aromatic nitrogens is 4. The summed E-state index contributed by atoms with van der Waals surface area (Å²) in [6.07, 6.45) is -2.20. The quantitative estimate of drug-likeness (QED) is 0.704. The van der Waals surface area contributed by atoms with Crippen molar-refractivity contribution in [1.82, 2.24) is 19.5 Å². The molecule has 1 unspecified atom stereocenters. The second-order valence-electron chi connectivity index (χ2n) is 7.25. The van der Waals surface area contributed by atoms with Crippen LogP contribution in [0.25, 0.3) is 11.2 Å². The number of hydrogen-bond donors (Lipinski definition) is 1. The predicted octanol–water partition coefficient (Wildman–Crippen LogP) is 2.38. The normalized spacial score (nSPS) is 34.6. The van der Waals surface area contributed by atoms with Crippen LogP contribution in [-0.2, 0) is 22.9 Å². The van der Waals surface area contributed by atoms with Gasteiger partial charge in [-0.1, -0.05) is 0 Å². The molecule has 4 heterocycles. The average Bonchev–Trinajstić information content (AvgIpc) is 3.13. The van der Waals surface area contributed by atoms with Gasteiger partial charge in [0, 0.05) is 0 Å². The molecule has 0 aromatic carbocycles. The average molecular weight is 431 g/mol. The van der Waals surface area contributed by atoms with Gasteiger partial charge in [-0.3, -0.25) is 18.1 Å². The fraction of sp³-hybridized carbons (Fsp3) is 0.688. The third-order valence-corrected chi connectivity index (χ3v) is 6.23. The van der Waals surface area contributed by atoms with Gasteiger partial charge in [0.1, 0.15) is 12.2 Å². The van der Waals surface area contributed by atoms with Gasteiger partial charge in [-0.25, -0.2) is 13.9 Å². The molecule has 11 nitrogen and oxygen atoms in total. The molecule has 2 aliphatic rings. The smallest absolute Gasteiger partial charge is 0.475 e. The van der Waals surface area contributed by atoms with Crippen LogP contribution >= 0.6 is 7.82 Å². The van der Waals surface area contributed by atoms with Gasteiger partial charge in [0.05, 0.1) is 25.6 Å². The van der Waals surface area contributed by atoms with Gasteiger partial charge in [0.25, 0.3) is 0 Å². The fourth-order valence-corrected chi connectivity index (χ4v) is 5.11. The number of ether oxygens (including phenoxy) is 2. The van der Waals surface area contributed by atoms with E-state index in [0.29, 0.717) is 12.1 Å².